The van der Waals surface area contributed by atoms with Gasteiger partial charge in [-0.25, -0.2) is 9.97 Å². The van der Waals surface area contributed by atoms with Crippen molar-refractivity contribution in [1.82, 2.24) is 20.2 Å². The van der Waals surface area contributed by atoms with Crippen LogP contribution in [0.2, 0.25) is 0 Å². The van der Waals surface area contributed by atoms with Gasteiger partial charge in [0.25, 0.3) is 0 Å². The van der Waals surface area contributed by atoms with Gasteiger partial charge < -0.3 is 10.2 Å². The smallest absolute Gasteiger partial charge is 0.248 e. The Bertz CT molecular complexity index is 539. The van der Waals surface area contributed by atoms with Gasteiger partial charge in [-0.15, -0.1) is 0 Å². The van der Waals surface area contributed by atoms with Gasteiger partial charge in [0.1, 0.15) is 17.4 Å². The van der Waals surface area contributed by atoms with Crippen molar-refractivity contribution in [3.8, 4) is 0 Å². The van der Waals surface area contributed by atoms with Gasteiger partial charge in [-0.3, -0.25) is 9.59 Å². The third-order valence-corrected chi connectivity index (χ3v) is 3.84. The van der Waals surface area contributed by atoms with Crippen LogP contribution in [0.1, 0.15) is 32.5 Å². The molecule has 0 aromatic carbocycles. The Balaban J connectivity index is 1.89. The second-order valence-electron chi connectivity index (χ2n) is 5.99. The Kier molecular flexibility index (Phi) is 2.96. The maximum absolute atomic E-state index is 12.6. The number of rotatable bonds is 3. The van der Waals surface area contributed by atoms with Crippen LogP contribution in [-0.4, -0.2) is 38.3 Å². The zero-order chi connectivity index (χ0) is 14.3. The summed E-state index contributed by atoms with van der Waals surface area (Å²) >= 11 is 0. The molecule has 1 N–H and O–H groups in total. The van der Waals surface area contributed by atoms with Crippen molar-refractivity contribution in [3.63, 3.8) is 0 Å². The van der Waals surface area contributed by atoms with Crippen molar-refractivity contribution >= 4 is 11.8 Å². The molecule has 1 aliphatic carbocycles. The number of aromatic nitrogens is 2. The predicted octanol–water partition coefficient (Wildman–Crippen LogP) is 0.492. The molecule has 0 radical (unpaired) electrons. The van der Waals surface area contributed by atoms with E-state index >= 15 is 0 Å². The molecule has 20 heavy (non-hydrogen) atoms. The summed E-state index contributed by atoms with van der Waals surface area (Å²) in [5.74, 6) is 0.713. The lowest BCUT2D eigenvalue weighted by molar-refractivity contribution is -0.155. The van der Waals surface area contributed by atoms with Crippen LogP contribution in [0.3, 0.4) is 0 Å². The third-order valence-electron chi connectivity index (χ3n) is 3.84. The molecule has 2 fully saturated rings. The molecule has 1 atom stereocenters. The fraction of sp³-hybridized carbons (Fsp3) is 0.571. The Morgan fingerprint density at radius 3 is 2.55 bits per heavy atom. The van der Waals surface area contributed by atoms with E-state index in [-0.39, 0.29) is 30.3 Å². The highest BCUT2D eigenvalue weighted by molar-refractivity contribution is 5.99. The Hall–Kier alpha value is -1.98. The maximum Gasteiger partial charge on any atom is 0.248 e. The van der Waals surface area contributed by atoms with E-state index < -0.39 is 5.54 Å². The zero-order valence-electron chi connectivity index (χ0n) is 11.7. The van der Waals surface area contributed by atoms with Gasteiger partial charge >= 0.3 is 0 Å². The normalized spacial score (nSPS) is 25.5. The van der Waals surface area contributed by atoms with Crippen molar-refractivity contribution in [2.24, 2.45) is 5.92 Å². The largest absolute Gasteiger partial charge is 0.340 e. The van der Waals surface area contributed by atoms with E-state index in [0.29, 0.717) is 5.82 Å². The summed E-state index contributed by atoms with van der Waals surface area (Å²) in [5, 5.41) is 2.82. The predicted molar refractivity (Wildman–Crippen MR) is 71.3 cm³/mol. The molecule has 2 amide bonds. The lowest BCUT2D eigenvalue weighted by Gasteiger charge is -2.42. The summed E-state index contributed by atoms with van der Waals surface area (Å²) in [4.78, 5) is 34.8. The first-order valence-electron chi connectivity index (χ1n) is 6.88. The molecular formula is C14H18N4O2. The Morgan fingerprint density at radius 2 is 1.95 bits per heavy atom. The third kappa shape index (κ3) is 2.26. The molecule has 2 aliphatic rings. The van der Waals surface area contributed by atoms with Crippen LogP contribution in [0.4, 0.5) is 0 Å². The van der Waals surface area contributed by atoms with Gasteiger partial charge in [0, 0.05) is 12.4 Å². The molecule has 1 unspecified atom stereocenters. The Labute approximate surface area is 117 Å². The Morgan fingerprint density at radius 1 is 1.30 bits per heavy atom. The van der Waals surface area contributed by atoms with E-state index in [9.17, 15) is 9.59 Å². The molecule has 3 rings (SSSR count). The monoisotopic (exact) mass is 274 g/mol. The minimum atomic E-state index is -0.864. The first-order valence-corrected chi connectivity index (χ1v) is 6.88. The van der Waals surface area contributed by atoms with Gasteiger partial charge in [-0.2, -0.15) is 0 Å². The van der Waals surface area contributed by atoms with Crippen LogP contribution < -0.4 is 5.32 Å². The van der Waals surface area contributed by atoms with Crippen LogP contribution >= 0.6 is 0 Å². The highest BCUT2D eigenvalue weighted by Crippen LogP contribution is 2.38. The quantitative estimate of drug-likeness (QED) is 0.870. The first kappa shape index (κ1) is 13.0. The van der Waals surface area contributed by atoms with E-state index in [1.807, 2.05) is 0 Å². The zero-order valence-corrected chi connectivity index (χ0v) is 11.7. The number of carbonyl (C=O) groups is 2. The van der Waals surface area contributed by atoms with E-state index in [1.54, 1.807) is 37.2 Å². The number of amides is 2. The number of carbonyl (C=O) groups excluding carboxylic acids is 2. The fourth-order valence-corrected chi connectivity index (χ4v) is 2.68. The molecule has 6 heteroatoms. The molecule has 0 bridgehead atoms. The number of nitrogens with zero attached hydrogens (tertiary/aromatic N) is 3. The molecule has 106 valence electrons. The molecular weight excluding hydrogens is 256 g/mol. The summed E-state index contributed by atoms with van der Waals surface area (Å²) in [6, 6.07) is 1.36. The van der Waals surface area contributed by atoms with Crippen LogP contribution in [-0.2, 0) is 16.1 Å². The minimum Gasteiger partial charge on any atom is -0.340 e. The second kappa shape index (κ2) is 4.54. The number of piperazine rings is 1. The standard InChI is InChI=1S/C14H18N4O2/c1-14(2)13(20)18(8-10-15-6-3-7-16-10)11(9-4-5-9)12(19)17-14/h3,6-7,9,11H,4-5,8H2,1-2H3,(H,17,19). The van der Waals surface area contributed by atoms with Crippen LogP contribution in [0.5, 0.6) is 0 Å². The first-order chi connectivity index (χ1) is 9.49. The van der Waals surface area contributed by atoms with Gasteiger partial charge in [-0.05, 0) is 38.7 Å². The SMILES string of the molecule is CC1(C)NC(=O)C(C2CC2)N(Cc2ncccn2)C1=O. The number of hydrogen-bond acceptors (Lipinski definition) is 4. The molecule has 1 aromatic rings. The van der Waals surface area contributed by atoms with Gasteiger partial charge in [0.05, 0.1) is 6.54 Å². The minimum absolute atomic E-state index is 0.0620. The van der Waals surface area contributed by atoms with Crippen LogP contribution in [0.25, 0.3) is 0 Å². The van der Waals surface area contributed by atoms with Gasteiger partial charge in [-0.1, -0.05) is 0 Å². The fourth-order valence-electron chi connectivity index (χ4n) is 2.68. The van der Waals surface area contributed by atoms with Crippen molar-refractivity contribution in [3.05, 3.63) is 24.3 Å². The molecule has 6 nitrogen and oxygen atoms in total. The van der Waals surface area contributed by atoms with Crippen molar-refractivity contribution in [2.75, 3.05) is 0 Å². The highest BCUT2D eigenvalue weighted by Gasteiger charge is 2.50. The lowest BCUT2D eigenvalue weighted by Crippen LogP contribution is -2.68. The summed E-state index contributed by atoms with van der Waals surface area (Å²) in [7, 11) is 0. The van der Waals surface area contributed by atoms with E-state index in [4.69, 9.17) is 0 Å². The highest BCUT2D eigenvalue weighted by atomic mass is 16.2. The molecule has 1 saturated carbocycles. The van der Waals surface area contributed by atoms with Gasteiger partial charge in [0.2, 0.25) is 11.8 Å². The maximum atomic E-state index is 12.6. The molecule has 1 aliphatic heterocycles. The van der Waals surface area contributed by atoms with E-state index in [1.165, 1.54) is 0 Å². The molecule has 0 spiro atoms. The average Bonchev–Trinajstić information content (AvgIpc) is 3.21. The molecule has 1 saturated heterocycles. The van der Waals surface area contributed by atoms with Gasteiger partial charge in [0.15, 0.2) is 0 Å². The molecule has 1 aromatic heterocycles. The van der Waals surface area contributed by atoms with Crippen molar-refractivity contribution in [1.29, 1.82) is 0 Å². The topological polar surface area (TPSA) is 75.2 Å². The summed E-state index contributed by atoms with van der Waals surface area (Å²) < 4.78 is 0. The summed E-state index contributed by atoms with van der Waals surface area (Å²) in [6.07, 6.45) is 5.29. The van der Waals surface area contributed by atoms with Crippen LogP contribution in [0.15, 0.2) is 18.5 Å². The van der Waals surface area contributed by atoms with Crippen LogP contribution in [0, 0.1) is 5.92 Å². The lowest BCUT2D eigenvalue weighted by atomic mass is 9.94. The van der Waals surface area contributed by atoms with Crippen molar-refractivity contribution < 1.29 is 9.59 Å². The van der Waals surface area contributed by atoms with E-state index in [2.05, 4.69) is 15.3 Å². The van der Waals surface area contributed by atoms with E-state index in [0.717, 1.165) is 12.8 Å². The number of nitrogens with one attached hydrogen (secondary N) is 1. The second-order valence-corrected chi connectivity index (χ2v) is 5.99. The van der Waals surface area contributed by atoms with Crippen molar-refractivity contribution in [2.45, 2.75) is 44.8 Å². The average molecular weight is 274 g/mol. The summed E-state index contributed by atoms with van der Waals surface area (Å²) in [6.45, 7) is 3.75. The number of hydrogen-bond donors (Lipinski definition) is 1. The summed E-state index contributed by atoms with van der Waals surface area (Å²) in [5.41, 5.74) is -0.864. The molecule has 2 heterocycles.